The topological polar surface area (TPSA) is 75.3 Å². The third-order valence-electron chi connectivity index (χ3n) is 3.39. The van der Waals surface area contributed by atoms with Crippen LogP contribution in [0.5, 0.6) is 0 Å². The van der Waals surface area contributed by atoms with Crippen molar-refractivity contribution in [3.63, 3.8) is 0 Å². The van der Waals surface area contributed by atoms with E-state index in [1.165, 1.54) is 0 Å². The van der Waals surface area contributed by atoms with E-state index in [2.05, 4.69) is 19.3 Å². The standard InChI is InChI=1S/C11H22N2O2/c1-11(2)5-3-8(10(15)13-12)7-9(14)4-6-11/h8-9,14H,3-7,12H2,1-2H3,(H,13,15). The highest BCUT2D eigenvalue weighted by Crippen LogP contribution is 2.35. The first-order valence-electron chi connectivity index (χ1n) is 5.63. The summed E-state index contributed by atoms with van der Waals surface area (Å²) in [5, 5.41) is 9.74. The second-order valence-electron chi connectivity index (χ2n) is 5.34. The number of rotatable bonds is 1. The average Bonchev–Trinajstić information content (AvgIpc) is 2.18. The highest BCUT2D eigenvalue weighted by molar-refractivity contribution is 5.77. The number of aliphatic hydroxyl groups is 1. The molecule has 15 heavy (non-hydrogen) atoms. The van der Waals surface area contributed by atoms with Crippen LogP contribution in [0.3, 0.4) is 0 Å². The molecular formula is C11H22N2O2. The van der Waals surface area contributed by atoms with E-state index < -0.39 is 0 Å². The van der Waals surface area contributed by atoms with Crippen LogP contribution >= 0.6 is 0 Å². The van der Waals surface area contributed by atoms with Gasteiger partial charge in [0.1, 0.15) is 0 Å². The highest BCUT2D eigenvalue weighted by atomic mass is 16.3. The molecule has 2 atom stereocenters. The Kier molecular flexibility index (Phi) is 4.11. The number of hydrazine groups is 1. The van der Waals surface area contributed by atoms with Crippen molar-refractivity contribution in [1.82, 2.24) is 5.43 Å². The van der Waals surface area contributed by atoms with Crippen molar-refractivity contribution in [2.24, 2.45) is 17.2 Å². The predicted octanol–water partition coefficient (Wildman–Crippen LogP) is 0.944. The van der Waals surface area contributed by atoms with Crippen molar-refractivity contribution in [3.8, 4) is 0 Å². The largest absolute Gasteiger partial charge is 0.393 e. The van der Waals surface area contributed by atoms with E-state index in [9.17, 15) is 9.90 Å². The molecule has 88 valence electrons. The number of hydrogen-bond donors (Lipinski definition) is 3. The number of nitrogens with two attached hydrogens (primary N) is 1. The third-order valence-corrected chi connectivity index (χ3v) is 3.39. The molecule has 0 aromatic rings. The van der Waals surface area contributed by atoms with E-state index >= 15 is 0 Å². The zero-order valence-corrected chi connectivity index (χ0v) is 9.62. The molecule has 4 N–H and O–H groups in total. The zero-order chi connectivity index (χ0) is 11.5. The Bertz CT molecular complexity index is 229. The van der Waals surface area contributed by atoms with Crippen LogP contribution < -0.4 is 11.3 Å². The molecule has 4 heteroatoms. The number of nitrogens with one attached hydrogen (secondary N) is 1. The number of carbonyl (C=O) groups excluding carboxylic acids is 1. The van der Waals surface area contributed by atoms with Crippen LogP contribution in [0.15, 0.2) is 0 Å². The minimum Gasteiger partial charge on any atom is -0.393 e. The van der Waals surface area contributed by atoms with Gasteiger partial charge in [0, 0.05) is 5.92 Å². The van der Waals surface area contributed by atoms with Crippen molar-refractivity contribution in [2.75, 3.05) is 0 Å². The molecule has 1 amide bonds. The minimum atomic E-state index is -0.369. The third kappa shape index (κ3) is 3.80. The van der Waals surface area contributed by atoms with Gasteiger partial charge in [0.15, 0.2) is 0 Å². The first-order valence-corrected chi connectivity index (χ1v) is 5.63. The van der Waals surface area contributed by atoms with Gasteiger partial charge < -0.3 is 5.11 Å². The quantitative estimate of drug-likeness (QED) is 0.345. The lowest BCUT2D eigenvalue weighted by Gasteiger charge is -2.31. The molecule has 1 fully saturated rings. The van der Waals surface area contributed by atoms with E-state index in [4.69, 9.17) is 5.84 Å². The SMILES string of the molecule is CC1(C)CCC(O)CC(C(=O)NN)CC1. The van der Waals surface area contributed by atoms with E-state index in [1.807, 2.05) is 0 Å². The van der Waals surface area contributed by atoms with Gasteiger partial charge in [-0.2, -0.15) is 0 Å². The molecule has 1 aliphatic rings. The van der Waals surface area contributed by atoms with Gasteiger partial charge in [-0.05, 0) is 37.5 Å². The monoisotopic (exact) mass is 214 g/mol. The Morgan fingerprint density at radius 3 is 2.60 bits per heavy atom. The Hall–Kier alpha value is -0.610. The summed E-state index contributed by atoms with van der Waals surface area (Å²) in [7, 11) is 0. The second kappa shape index (κ2) is 4.94. The minimum absolute atomic E-state index is 0.135. The molecule has 0 aromatic heterocycles. The van der Waals surface area contributed by atoms with Gasteiger partial charge in [-0.1, -0.05) is 13.8 Å². The van der Waals surface area contributed by atoms with Gasteiger partial charge in [-0.25, -0.2) is 5.84 Å². The molecule has 0 saturated heterocycles. The lowest BCUT2D eigenvalue weighted by molar-refractivity contribution is -0.127. The van der Waals surface area contributed by atoms with Crippen LogP contribution in [0.25, 0.3) is 0 Å². The zero-order valence-electron chi connectivity index (χ0n) is 9.62. The summed E-state index contributed by atoms with van der Waals surface area (Å²) in [4.78, 5) is 11.4. The number of aliphatic hydroxyl groups excluding tert-OH is 1. The Morgan fingerprint density at radius 1 is 1.40 bits per heavy atom. The molecule has 0 aromatic carbocycles. The molecule has 0 spiro atoms. The lowest BCUT2D eigenvalue weighted by atomic mass is 9.76. The fourth-order valence-electron chi connectivity index (χ4n) is 2.17. The molecule has 0 heterocycles. The van der Waals surface area contributed by atoms with Gasteiger partial charge >= 0.3 is 0 Å². The lowest BCUT2D eigenvalue weighted by Crippen LogP contribution is -2.38. The van der Waals surface area contributed by atoms with Crippen LogP contribution in [0.1, 0.15) is 46.0 Å². The first kappa shape index (κ1) is 12.5. The first-order chi connectivity index (χ1) is 6.94. The number of carbonyl (C=O) groups is 1. The molecular weight excluding hydrogens is 192 g/mol. The van der Waals surface area contributed by atoms with Gasteiger partial charge in [0.05, 0.1) is 6.10 Å². The fourth-order valence-corrected chi connectivity index (χ4v) is 2.17. The number of amides is 1. The fraction of sp³-hybridized carbons (Fsp3) is 0.909. The van der Waals surface area contributed by atoms with Gasteiger partial charge in [0.25, 0.3) is 0 Å². The maximum absolute atomic E-state index is 11.4. The Balaban J connectivity index is 2.62. The second-order valence-corrected chi connectivity index (χ2v) is 5.34. The van der Waals surface area contributed by atoms with Crippen LogP contribution in [0, 0.1) is 11.3 Å². The molecule has 1 aliphatic carbocycles. The molecule has 0 bridgehead atoms. The van der Waals surface area contributed by atoms with Crippen molar-refractivity contribution in [2.45, 2.75) is 52.1 Å². The normalized spacial score (nSPS) is 31.5. The van der Waals surface area contributed by atoms with Gasteiger partial charge in [-0.3, -0.25) is 10.2 Å². The Morgan fingerprint density at radius 2 is 2.00 bits per heavy atom. The maximum atomic E-state index is 11.4. The van der Waals surface area contributed by atoms with Gasteiger partial charge in [-0.15, -0.1) is 0 Å². The highest BCUT2D eigenvalue weighted by Gasteiger charge is 2.29. The molecule has 2 unspecified atom stereocenters. The van der Waals surface area contributed by atoms with E-state index in [-0.39, 0.29) is 23.3 Å². The van der Waals surface area contributed by atoms with Crippen molar-refractivity contribution in [1.29, 1.82) is 0 Å². The van der Waals surface area contributed by atoms with Crippen LogP contribution in [-0.2, 0) is 4.79 Å². The van der Waals surface area contributed by atoms with Crippen molar-refractivity contribution >= 4 is 5.91 Å². The average molecular weight is 214 g/mol. The maximum Gasteiger partial charge on any atom is 0.237 e. The summed E-state index contributed by atoms with van der Waals surface area (Å²) >= 11 is 0. The molecule has 0 aliphatic heterocycles. The molecule has 4 nitrogen and oxygen atoms in total. The van der Waals surface area contributed by atoms with Crippen molar-refractivity contribution in [3.05, 3.63) is 0 Å². The van der Waals surface area contributed by atoms with Gasteiger partial charge in [0.2, 0.25) is 5.91 Å². The van der Waals surface area contributed by atoms with Crippen LogP contribution in [0.4, 0.5) is 0 Å². The summed E-state index contributed by atoms with van der Waals surface area (Å²) in [6.45, 7) is 4.37. The Labute approximate surface area is 91.2 Å². The molecule has 1 rings (SSSR count). The number of hydrogen-bond acceptors (Lipinski definition) is 3. The van der Waals surface area contributed by atoms with Crippen molar-refractivity contribution < 1.29 is 9.90 Å². The summed E-state index contributed by atoms with van der Waals surface area (Å²) in [5.74, 6) is 4.84. The van der Waals surface area contributed by atoms with Crippen LogP contribution in [-0.4, -0.2) is 17.1 Å². The summed E-state index contributed by atoms with van der Waals surface area (Å²) in [5.41, 5.74) is 2.40. The summed E-state index contributed by atoms with van der Waals surface area (Å²) < 4.78 is 0. The smallest absolute Gasteiger partial charge is 0.237 e. The van der Waals surface area contributed by atoms with E-state index in [0.29, 0.717) is 6.42 Å². The predicted molar refractivity (Wildman–Crippen MR) is 58.7 cm³/mol. The summed E-state index contributed by atoms with van der Waals surface area (Å²) in [6.07, 6.45) is 3.79. The van der Waals surface area contributed by atoms with Crippen LogP contribution in [0.2, 0.25) is 0 Å². The summed E-state index contributed by atoms with van der Waals surface area (Å²) in [6, 6.07) is 0. The van der Waals surface area contributed by atoms with E-state index in [0.717, 1.165) is 25.7 Å². The molecule has 0 radical (unpaired) electrons. The molecule has 1 saturated carbocycles. The van der Waals surface area contributed by atoms with E-state index in [1.54, 1.807) is 0 Å².